The van der Waals surface area contributed by atoms with E-state index in [0.29, 0.717) is 17.4 Å². The highest BCUT2D eigenvalue weighted by molar-refractivity contribution is 6.31. The summed E-state index contributed by atoms with van der Waals surface area (Å²) in [7, 11) is 1.33. The summed E-state index contributed by atoms with van der Waals surface area (Å²) in [4.78, 5) is 42.5. The van der Waals surface area contributed by atoms with Gasteiger partial charge in [0.15, 0.2) is 5.69 Å². The van der Waals surface area contributed by atoms with Crippen molar-refractivity contribution in [1.29, 1.82) is 0 Å². The van der Waals surface area contributed by atoms with Crippen molar-refractivity contribution in [1.82, 2.24) is 24.5 Å². The van der Waals surface area contributed by atoms with E-state index in [1.165, 1.54) is 78.8 Å². The fourth-order valence-corrected chi connectivity index (χ4v) is 4.73. The number of halogens is 4. The molecule has 0 radical (unpaired) electrons. The van der Waals surface area contributed by atoms with Gasteiger partial charge in [0.1, 0.15) is 11.8 Å². The van der Waals surface area contributed by atoms with Gasteiger partial charge in [-0.05, 0) is 60.2 Å². The van der Waals surface area contributed by atoms with Crippen molar-refractivity contribution < 1.29 is 32.6 Å². The molecule has 5 rings (SSSR count). The first-order valence-electron chi connectivity index (χ1n) is 13.1. The van der Waals surface area contributed by atoms with Crippen LogP contribution in [-0.2, 0) is 17.4 Å². The smallest absolute Gasteiger partial charge is 0.436 e. The van der Waals surface area contributed by atoms with Gasteiger partial charge in [0.25, 0.3) is 5.56 Å². The van der Waals surface area contributed by atoms with E-state index in [1.807, 2.05) is 0 Å². The standard InChI is InChI=1S/C30H22ClF3N6O5/c1-45-25-15-39(24(12-17-8-10-35-11-9-17)28(42)36-20-5-2-18(3-6-20)29(43)44)27(41)14-22(25)21-13-19(31)4-7-23(21)40-16-26(37-38-40)30(32,33)34/h2-11,13-16,24H,12H2,1H3,(H,36,42)(H,43,44). The number of amides is 1. The Kier molecular flexibility index (Phi) is 8.68. The van der Waals surface area contributed by atoms with Gasteiger partial charge in [0, 0.05) is 46.7 Å². The van der Waals surface area contributed by atoms with E-state index < -0.39 is 35.3 Å². The number of benzene rings is 2. The zero-order valence-corrected chi connectivity index (χ0v) is 24.0. The molecular weight excluding hydrogens is 617 g/mol. The molecule has 0 saturated heterocycles. The molecule has 0 bridgehead atoms. The van der Waals surface area contributed by atoms with Gasteiger partial charge in [-0.15, -0.1) is 5.10 Å². The molecule has 5 aromatic rings. The van der Waals surface area contributed by atoms with Crippen molar-refractivity contribution >= 4 is 29.2 Å². The molecule has 230 valence electrons. The molecule has 1 unspecified atom stereocenters. The highest BCUT2D eigenvalue weighted by atomic mass is 35.5. The Morgan fingerprint density at radius 2 is 1.73 bits per heavy atom. The van der Waals surface area contributed by atoms with Crippen LogP contribution in [0.3, 0.4) is 0 Å². The number of carboxylic acid groups (broad SMARTS) is 1. The van der Waals surface area contributed by atoms with E-state index in [4.69, 9.17) is 16.3 Å². The largest absolute Gasteiger partial charge is 0.495 e. The average molecular weight is 639 g/mol. The van der Waals surface area contributed by atoms with Gasteiger partial charge < -0.3 is 15.2 Å². The number of rotatable bonds is 9. The highest BCUT2D eigenvalue weighted by Crippen LogP contribution is 2.36. The number of nitrogens with one attached hydrogen (secondary N) is 1. The molecule has 11 nitrogen and oxygen atoms in total. The van der Waals surface area contributed by atoms with Crippen LogP contribution in [0.2, 0.25) is 5.02 Å². The second-order valence-electron chi connectivity index (χ2n) is 9.66. The molecule has 0 spiro atoms. The van der Waals surface area contributed by atoms with Gasteiger partial charge in [-0.1, -0.05) is 16.8 Å². The van der Waals surface area contributed by atoms with Gasteiger partial charge in [0.2, 0.25) is 5.91 Å². The van der Waals surface area contributed by atoms with Crippen LogP contribution >= 0.6 is 11.6 Å². The molecular formula is C30H22ClF3N6O5. The van der Waals surface area contributed by atoms with Crippen LogP contribution in [0, 0.1) is 0 Å². The topological polar surface area (TPSA) is 141 Å². The summed E-state index contributed by atoms with van der Waals surface area (Å²) in [5.74, 6) is -1.61. The lowest BCUT2D eigenvalue weighted by Crippen LogP contribution is -2.34. The lowest BCUT2D eigenvalue weighted by molar-refractivity contribution is -0.141. The number of aromatic carboxylic acids is 1. The first kappa shape index (κ1) is 30.9. The number of hydrogen-bond donors (Lipinski definition) is 2. The zero-order valence-electron chi connectivity index (χ0n) is 23.2. The molecule has 0 fully saturated rings. The molecule has 1 amide bonds. The summed E-state index contributed by atoms with van der Waals surface area (Å²) in [5, 5.41) is 18.9. The van der Waals surface area contributed by atoms with Crippen molar-refractivity contribution in [2.24, 2.45) is 0 Å². The van der Waals surface area contributed by atoms with E-state index in [-0.39, 0.29) is 39.6 Å². The first-order chi connectivity index (χ1) is 21.4. The van der Waals surface area contributed by atoms with Gasteiger partial charge in [-0.3, -0.25) is 19.1 Å². The number of aromatic nitrogens is 5. The molecule has 45 heavy (non-hydrogen) atoms. The quantitative estimate of drug-likeness (QED) is 0.222. The normalized spacial score (nSPS) is 12.0. The van der Waals surface area contributed by atoms with Crippen LogP contribution in [0.1, 0.15) is 27.7 Å². The van der Waals surface area contributed by atoms with E-state index in [1.54, 1.807) is 12.1 Å². The predicted octanol–water partition coefficient (Wildman–Crippen LogP) is 5.29. The summed E-state index contributed by atoms with van der Waals surface area (Å²) < 4.78 is 47.4. The molecule has 0 saturated carbocycles. The van der Waals surface area contributed by atoms with Gasteiger partial charge in [0.05, 0.1) is 30.8 Å². The molecule has 3 aromatic heterocycles. The first-order valence-corrected chi connectivity index (χ1v) is 13.5. The fraction of sp³-hybridized carbons (Fsp3) is 0.133. The Morgan fingerprint density at radius 3 is 2.36 bits per heavy atom. The number of carbonyl (C=O) groups excluding carboxylic acids is 1. The zero-order chi connectivity index (χ0) is 32.3. The number of pyridine rings is 2. The maximum atomic E-state index is 13.7. The van der Waals surface area contributed by atoms with Crippen LogP contribution in [-0.4, -0.2) is 48.6 Å². The molecule has 0 aliphatic carbocycles. The third-order valence-corrected chi connectivity index (χ3v) is 6.99. The van der Waals surface area contributed by atoms with Crippen LogP contribution < -0.4 is 15.6 Å². The maximum Gasteiger partial charge on any atom is 0.436 e. The number of hydrogen-bond acceptors (Lipinski definition) is 7. The van der Waals surface area contributed by atoms with Crippen molar-refractivity contribution in [2.75, 3.05) is 12.4 Å². The van der Waals surface area contributed by atoms with Crippen LogP contribution in [0.5, 0.6) is 5.75 Å². The van der Waals surface area contributed by atoms with Crippen molar-refractivity contribution in [3.8, 4) is 22.6 Å². The molecule has 0 aliphatic rings. The number of alkyl halides is 3. The van der Waals surface area contributed by atoms with E-state index in [0.717, 1.165) is 4.68 Å². The Bertz CT molecular complexity index is 1930. The summed E-state index contributed by atoms with van der Waals surface area (Å²) in [5.41, 5.74) is -0.313. The monoisotopic (exact) mass is 638 g/mol. The average Bonchev–Trinajstić information content (AvgIpc) is 3.52. The summed E-state index contributed by atoms with van der Waals surface area (Å²) in [6.45, 7) is 0. The van der Waals surface area contributed by atoms with Gasteiger partial charge >= 0.3 is 12.1 Å². The fourth-order valence-electron chi connectivity index (χ4n) is 4.56. The predicted molar refractivity (Wildman–Crippen MR) is 157 cm³/mol. The Hall–Kier alpha value is -5.50. The second-order valence-corrected chi connectivity index (χ2v) is 10.1. The number of anilines is 1. The lowest BCUT2D eigenvalue weighted by atomic mass is 10.0. The third kappa shape index (κ3) is 6.86. The third-order valence-electron chi connectivity index (χ3n) is 6.76. The van der Waals surface area contributed by atoms with E-state index in [2.05, 4.69) is 20.6 Å². The number of methoxy groups -OCH3 is 1. The molecule has 15 heteroatoms. The van der Waals surface area contributed by atoms with E-state index >= 15 is 0 Å². The number of carboxylic acids is 1. The van der Waals surface area contributed by atoms with Crippen LogP contribution in [0.25, 0.3) is 16.8 Å². The molecule has 2 aromatic carbocycles. The molecule has 3 heterocycles. The van der Waals surface area contributed by atoms with E-state index in [9.17, 15) is 32.7 Å². The minimum Gasteiger partial charge on any atom is -0.495 e. The number of nitrogens with zero attached hydrogens (tertiary/aromatic N) is 5. The Morgan fingerprint density at radius 1 is 1.02 bits per heavy atom. The number of ether oxygens (including phenoxy) is 1. The van der Waals surface area contributed by atoms with Crippen molar-refractivity contribution in [2.45, 2.75) is 18.6 Å². The van der Waals surface area contributed by atoms with Gasteiger partial charge in [-0.25, -0.2) is 9.48 Å². The molecule has 2 N–H and O–H groups in total. The molecule has 1 atom stereocenters. The Balaban J connectivity index is 1.58. The van der Waals surface area contributed by atoms with Gasteiger partial charge in [-0.2, -0.15) is 13.2 Å². The molecule has 0 aliphatic heterocycles. The maximum absolute atomic E-state index is 13.7. The number of carbonyl (C=O) groups is 2. The second kappa shape index (κ2) is 12.6. The van der Waals surface area contributed by atoms with Crippen LogP contribution in [0.4, 0.5) is 18.9 Å². The lowest BCUT2D eigenvalue weighted by Gasteiger charge is -2.22. The minimum absolute atomic E-state index is 0.0267. The summed E-state index contributed by atoms with van der Waals surface area (Å²) in [6, 6.07) is 13.2. The summed E-state index contributed by atoms with van der Waals surface area (Å²) in [6.07, 6.45) is 0.437. The minimum atomic E-state index is -4.73. The van der Waals surface area contributed by atoms with Crippen LogP contribution in [0.15, 0.2) is 90.2 Å². The SMILES string of the molecule is COc1cn(C(Cc2ccncc2)C(=O)Nc2ccc(C(=O)O)cc2)c(=O)cc1-c1cc(Cl)ccc1-n1cc(C(F)(F)F)nn1. The Labute approximate surface area is 257 Å². The highest BCUT2D eigenvalue weighted by Gasteiger charge is 2.35. The van der Waals surface area contributed by atoms with Crippen molar-refractivity contribution in [3.05, 3.63) is 118 Å². The van der Waals surface area contributed by atoms with Crippen molar-refractivity contribution in [3.63, 3.8) is 0 Å². The summed E-state index contributed by atoms with van der Waals surface area (Å²) >= 11 is 6.24.